The van der Waals surface area contributed by atoms with Gasteiger partial charge >= 0.3 is 0 Å². The monoisotopic (exact) mass is 497 g/mol. The predicted molar refractivity (Wildman–Crippen MR) is 127 cm³/mol. The topological polar surface area (TPSA) is 51.4 Å². The Morgan fingerprint density at radius 1 is 1.03 bits per heavy atom. The lowest BCUT2D eigenvalue weighted by Crippen LogP contribution is -2.33. The quantitative estimate of drug-likeness (QED) is 0.275. The lowest BCUT2D eigenvalue weighted by atomic mass is 10.1. The first kappa shape index (κ1) is 21.7. The van der Waals surface area contributed by atoms with Crippen molar-refractivity contribution in [3.63, 3.8) is 0 Å². The number of rotatable bonds is 9. The number of ether oxygens (including phenoxy) is 1. The maximum atomic E-state index is 6.03. The van der Waals surface area contributed by atoms with Gasteiger partial charge in [-0.15, -0.1) is 21.5 Å². The predicted octanol–water partition coefficient (Wildman–Crippen LogP) is 6.20. The van der Waals surface area contributed by atoms with Crippen LogP contribution in [0.2, 0.25) is 0 Å². The molecule has 31 heavy (non-hydrogen) atoms. The van der Waals surface area contributed by atoms with E-state index in [1.807, 2.05) is 36.4 Å². The van der Waals surface area contributed by atoms with Gasteiger partial charge in [-0.25, -0.2) is 0 Å². The fourth-order valence-electron chi connectivity index (χ4n) is 3.42. The molecule has 0 aliphatic heterocycles. The highest BCUT2D eigenvalue weighted by Gasteiger charge is 2.20. The Labute approximate surface area is 194 Å². The first-order chi connectivity index (χ1) is 15.1. The number of benzene rings is 2. The molecule has 5 nitrogen and oxygen atoms in total. The summed E-state index contributed by atoms with van der Waals surface area (Å²) in [5, 5.41) is 10.7. The van der Waals surface area contributed by atoms with E-state index >= 15 is 0 Å². The van der Waals surface area contributed by atoms with Gasteiger partial charge < -0.3 is 9.15 Å². The molecule has 0 saturated heterocycles. The highest BCUT2D eigenvalue weighted by molar-refractivity contribution is 9.10. The number of halogens is 1. The lowest BCUT2D eigenvalue weighted by molar-refractivity contribution is 0.172. The standard InChI is InChI=1S/C24H24BrN3O2S/c1-17(14-20-6-5-13-31-20)28(15-18-9-11-19(29-2)12-10-18)16-23-26-27-24(30-23)21-7-3-4-8-22(21)25/h3-13,17H,14-16H2,1-2H3. The van der Waals surface area contributed by atoms with Gasteiger partial charge in [0.15, 0.2) is 0 Å². The van der Waals surface area contributed by atoms with Crippen molar-refractivity contribution < 1.29 is 9.15 Å². The normalized spacial score (nSPS) is 12.3. The molecule has 1 unspecified atom stereocenters. The summed E-state index contributed by atoms with van der Waals surface area (Å²) in [5.74, 6) is 1.99. The highest BCUT2D eigenvalue weighted by atomic mass is 79.9. The molecule has 0 N–H and O–H groups in total. The second kappa shape index (κ2) is 10.2. The Kier molecular flexibility index (Phi) is 7.17. The molecule has 0 spiro atoms. The molecule has 1 atom stereocenters. The lowest BCUT2D eigenvalue weighted by Gasteiger charge is -2.27. The molecule has 0 bridgehead atoms. The molecule has 4 aromatic rings. The van der Waals surface area contributed by atoms with Crippen LogP contribution in [0.3, 0.4) is 0 Å². The van der Waals surface area contributed by atoms with E-state index in [2.05, 4.69) is 67.6 Å². The van der Waals surface area contributed by atoms with E-state index in [1.54, 1.807) is 18.4 Å². The van der Waals surface area contributed by atoms with Crippen LogP contribution < -0.4 is 4.74 Å². The molecule has 0 amide bonds. The third-order valence-electron chi connectivity index (χ3n) is 5.15. The summed E-state index contributed by atoms with van der Waals surface area (Å²) in [6.45, 7) is 3.60. The molecule has 160 valence electrons. The molecular formula is C24H24BrN3O2S. The molecular weight excluding hydrogens is 474 g/mol. The van der Waals surface area contributed by atoms with Gasteiger partial charge in [-0.1, -0.05) is 30.3 Å². The van der Waals surface area contributed by atoms with E-state index < -0.39 is 0 Å². The second-order valence-corrected chi connectivity index (χ2v) is 9.25. The van der Waals surface area contributed by atoms with Gasteiger partial charge in [0.1, 0.15) is 5.75 Å². The molecule has 0 fully saturated rings. The van der Waals surface area contributed by atoms with Crippen LogP contribution in [0.25, 0.3) is 11.5 Å². The van der Waals surface area contributed by atoms with Crippen LogP contribution in [-0.2, 0) is 19.5 Å². The van der Waals surface area contributed by atoms with Crippen molar-refractivity contribution in [2.75, 3.05) is 7.11 Å². The fourth-order valence-corrected chi connectivity index (χ4v) is 4.70. The average molecular weight is 498 g/mol. The highest BCUT2D eigenvalue weighted by Crippen LogP contribution is 2.27. The van der Waals surface area contributed by atoms with Crippen molar-refractivity contribution in [3.8, 4) is 17.2 Å². The number of hydrogen-bond acceptors (Lipinski definition) is 6. The van der Waals surface area contributed by atoms with Crippen LogP contribution >= 0.6 is 27.3 Å². The third-order valence-corrected chi connectivity index (χ3v) is 6.74. The Morgan fingerprint density at radius 3 is 2.55 bits per heavy atom. The molecule has 7 heteroatoms. The zero-order valence-corrected chi connectivity index (χ0v) is 19.9. The van der Waals surface area contributed by atoms with Gasteiger partial charge in [0, 0.05) is 21.9 Å². The van der Waals surface area contributed by atoms with E-state index in [0.29, 0.717) is 24.4 Å². The van der Waals surface area contributed by atoms with Crippen LogP contribution in [0.15, 0.2) is 74.9 Å². The smallest absolute Gasteiger partial charge is 0.248 e. The molecule has 0 radical (unpaired) electrons. The summed E-state index contributed by atoms with van der Waals surface area (Å²) in [6, 6.07) is 20.6. The van der Waals surface area contributed by atoms with E-state index in [-0.39, 0.29) is 0 Å². The van der Waals surface area contributed by atoms with Crippen LogP contribution in [0.4, 0.5) is 0 Å². The Balaban J connectivity index is 1.54. The van der Waals surface area contributed by atoms with Crippen LogP contribution in [-0.4, -0.2) is 28.2 Å². The van der Waals surface area contributed by atoms with Gasteiger partial charge in [-0.05, 0) is 70.5 Å². The first-order valence-corrected chi connectivity index (χ1v) is 11.8. The number of methoxy groups -OCH3 is 1. The van der Waals surface area contributed by atoms with Gasteiger partial charge in [-0.3, -0.25) is 4.90 Å². The first-order valence-electron chi connectivity index (χ1n) is 10.1. The van der Waals surface area contributed by atoms with Gasteiger partial charge in [0.05, 0.1) is 19.2 Å². The number of thiophene rings is 1. The number of aromatic nitrogens is 2. The average Bonchev–Trinajstić information content (AvgIpc) is 3.46. The SMILES string of the molecule is COc1ccc(CN(Cc2nnc(-c3ccccc3Br)o2)C(C)Cc2cccs2)cc1. The minimum Gasteiger partial charge on any atom is -0.497 e. The Morgan fingerprint density at radius 2 is 1.84 bits per heavy atom. The molecule has 0 aliphatic rings. The summed E-state index contributed by atoms with van der Waals surface area (Å²) in [7, 11) is 1.68. The summed E-state index contributed by atoms with van der Waals surface area (Å²) >= 11 is 5.35. The van der Waals surface area contributed by atoms with Crippen molar-refractivity contribution in [2.45, 2.75) is 32.5 Å². The summed E-state index contributed by atoms with van der Waals surface area (Å²) in [6.07, 6.45) is 0.971. The van der Waals surface area contributed by atoms with E-state index in [1.165, 1.54) is 10.4 Å². The van der Waals surface area contributed by atoms with Crippen LogP contribution in [0, 0.1) is 0 Å². The maximum absolute atomic E-state index is 6.03. The summed E-state index contributed by atoms with van der Waals surface area (Å²) in [4.78, 5) is 3.74. The molecule has 0 aliphatic carbocycles. The summed E-state index contributed by atoms with van der Waals surface area (Å²) in [5.41, 5.74) is 2.11. The molecule has 4 rings (SSSR count). The minimum atomic E-state index is 0.305. The zero-order chi connectivity index (χ0) is 21.6. The maximum Gasteiger partial charge on any atom is 0.248 e. The zero-order valence-electron chi connectivity index (χ0n) is 17.5. The van der Waals surface area contributed by atoms with Crippen molar-refractivity contribution in [1.82, 2.24) is 15.1 Å². The minimum absolute atomic E-state index is 0.305. The van der Waals surface area contributed by atoms with Crippen molar-refractivity contribution in [2.24, 2.45) is 0 Å². The van der Waals surface area contributed by atoms with Gasteiger partial charge in [0.25, 0.3) is 0 Å². The van der Waals surface area contributed by atoms with E-state index in [0.717, 1.165) is 28.8 Å². The number of nitrogens with zero attached hydrogens (tertiary/aromatic N) is 3. The van der Waals surface area contributed by atoms with E-state index in [4.69, 9.17) is 9.15 Å². The van der Waals surface area contributed by atoms with Crippen molar-refractivity contribution >= 4 is 27.3 Å². The third kappa shape index (κ3) is 5.61. The Bertz CT molecular complexity index is 1100. The molecule has 0 saturated carbocycles. The van der Waals surface area contributed by atoms with Crippen LogP contribution in [0.1, 0.15) is 23.3 Å². The van der Waals surface area contributed by atoms with Crippen molar-refractivity contribution in [3.05, 3.63) is 86.8 Å². The van der Waals surface area contributed by atoms with Crippen molar-refractivity contribution in [1.29, 1.82) is 0 Å². The Hall–Kier alpha value is -2.48. The largest absolute Gasteiger partial charge is 0.497 e. The second-order valence-electron chi connectivity index (χ2n) is 7.37. The molecule has 2 aromatic carbocycles. The van der Waals surface area contributed by atoms with E-state index in [9.17, 15) is 0 Å². The fraction of sp³-hybridized carbons (Fsp3) is 0.250. The molecule has 2 heterocycles. The van der Waals surface area contributed by atoms with Gasteiger partial charge in [0.2, 0.25) is 11.8 Å². The number of hydrogen-bond donors (Lipinski definition) is 0. The van der Waals surface area contributed by atoms with Gasteiger partial charge in [-0.2, -0.15) is 0 Å². The van der Waals surface area contributed by atoms with Crippen LogP contribution in [0.5, 0.6) is 5.75 Å². The summed E-state index contributed by atoms with van der Waals surface area (Å²) < 4.78 is 12.3. The molecule has 2 aromatic heterocycles.